The number of H-pyrrole nitrogens is 1. The first-order chi connectivity index (χ1) is 6.68. The van der Waals surface area contributed by atoms with Gasteiger partial charge in [-0.05, 0) is 12.1 Å². The average Bonchev–Trinajstić information content (AvgIpc) is 2.70. The third-order valence-corrected chi connectivity index (χ3v) is 2.89. The van der Waals surface area contributed by atoms with Crippen molar-refractivity contribution in [1.29, 1.82) is 0 Å². The lowest BCUT2D eigenvalue weighted by molar-refractivity contribution is 0.0703. The van der Waals surface area contributed by atoms with Crippen LogP contribution in [0.4, 0.5) is 5.69 Å². The number of nitrogens with zero attached hydrogens (tertiary/aromatic N) is 1. The van der Waals surface area contributed by atoms with E-state index in [1.807, 2.05) is 0 Å². The molecule has 0 bridgehead atoms. The topological polar surface area (TPSA) is 92.0 Å². The number of thiophene rings is 1. The lowest BCUT2D eigenvalue weighted by Gasteiger charge is -1.87. The van der Waals surface area contributed by atoms with Crippen LogP contribution in [0.2, 0.25) is 0 Å². The third kappa shape index (κ3) is 1.35. The van der Waals surface area contributed by atoms with Gasteiger partial charge in [0.25, 0.3) is 0 Å². The molecular weight excluding hydrogens is 202 g/mol. The summed E-state index contributed by atoms with van der Waals surface area (Å²) in [7, 11) is 0. The van der Waals surface area contributed by atoms with E-state index in [0.29, 0.717) is 0 Å². The lowest BCUT2D eigenvalue weighted by atomic mass is 10.3. The van der Waals surface area contributed by atoms with Gasteiger partial charge in [0.1, 0.15) is 4.88 Å². The Balaban J connectivity index is 2.48. The first kappa shape index (κ1) is 8.76. The molecule has 0 aliphatic carbocycles. The van der Waals surface area contributed by atoms with Crippen LogP contribution in [0, 0.1) is 0 Å². The van der Waals surface area contributed by atoms with Gasteiger partial charge in [-0.15, -0.1) is 11.3 Å². The molecule has 2 heterocycles. The van der Waals surface area contributed by atoms with Gasteiger partial charge in [0.2, 0.25) is 0 Å². The van der Waals surface area contributed by atoms with Gasteiger partial charge in [-0.1, -0.05) is 0 Å². The zero-order valence-corrected chi connectivity index (χ0v) is 7.84. The summed E-state index contributed by atoms with van der Waals surface area (Å²) in [6, 6.07) is 3.39. The van der Waals surface area contributed by atoms with Crippen molar-refractivity contribution in [3.8, 4) is 10.6 Å². The SMILES string of the molecule is Nc1cc(-c2ccn[nH]2)sc1C(=O)O. The number of aromatic nitrogens is 2. The maximum Gasteiger partial charge on any atom is 0.348 e. The summed E-state index contributed by atoms with van der Waals surface area (Å²) in [4.78, 5) is 11.6. The van der Waals surface area contributed by atoms with Gasteiger partial charge in [-0.25, -0.2) is 4.79 Å². The number of rotatable bonds is 2. The number of hydrogen-bond acceptors (Lipinski definition) is 4. The normalized spacial score (nSPS) is 10.3. The van der Waals surface area contributed by atoms with E-state index >= 15 is 0 Å². The van der Waals surface area contributed by atoms with E-state index in [0.717, 1.165) is 21.9 Å². The molecule has 14 heavy (non-hydrogen) atoms. The molecule has 6 heteroatoms. The van der Waals surface area contributed by atoms with Gasteiger partial charge >= 0.3 is 5.97 Å². The van der Waals surface area contributed by atoms with Crippen LogP contribution < -0.4 is 5.73 Å². The fourth-order valence-electron chi connectivity index (χ4n) is 1.10. The van der Waals surface area contributed by atoms with Gasteiger partial charge in [-0.2, -0.15) is 5.10 Å². The molecule has 0 aromatic carbocycles. The maximum atomic E-state index is 10.7. The number of nitrogens with one attached hydrogen (secondary N) is 1. The van der Waals surface area contributed by atoms with Crippen molar-refractivity contribution in [2.24, 2.45) is 0 Å². The number of carboxylic acids is 1. The summed E-state index contributed by atoms with van der Waals surface area (Å²) in [5.74, 6) is -1.00. The predicted molar refractivity (Wildman–Crippen MR) is 53.3 cm³/mol. The Morgan fingerprint density at radius 3 is 2.93 bits per heavy atom. The monoisotopic (exact) mass is 209 g/mol. The molecule has 0 saturated carbocycles. The highest BCUT2D eigenvalue weighted by Crippen LogP contribution is 2.31. The van der Waals surface area contributed by atoms with Gasteiger partial charge in [-0.3, -0.25) is 5.10 Å². The summed E-state index contributed by atoms with van der Waals surface area (Å²) in [6.07, 6.45) is 1.60. The summed E-state index contributed by atoms with van der Waals surface area (Å²) >= 11 is 1.13. The molecule has 2 rings (SSSR count). The summed E-state index contributed by atoms with van der Waals surface area (Å²) in [5.41, 5.74) is 6.60. The Kier molecular flexibility index (Phi) is 1.97. The van der Waals surface area contributed by atoms with Crippen molar-refractivity contribution in [2.45, 2.75) is 0 Å². The number of carbonyl (C=O) groups is 1. The minimum absolute atomic E-state index is 0.162. The second-order valence-corrected chi connectivity index (χ2v) is 3.72. The first-order valence-corrected chi connectivity index (χ1v) is 4.62. The smallest absolute Gasteiger partial charge is 0.348 e. The van der Waals surface area contributed by atoms with E-state index in [1.165, 1.54) is 0 Å². The Labute approximate surface area is 83.2 Å². The number of nitrogens with two attached hydrogens (primary N) is 1. The zero-order valence-electron chi connectivity index (χ0n) is 7.02. The van der Waals surface area contributed by atoms with Crippen molar-refractivity contribution >= 4 is 23.0 Å². The van der Waals surface area contributed by atoms with E-state index in [4.69, 9.17) is 10.8 Å². The van der Waals surface area contributed by atoms with E-state index in [2.05, 4.69) is 10.2 Å². The molecule has 0 fully saturated rings. The van der Waals surface area contributed by atoms with Crippen molar-refractivity contribution in [1.82, 2.24) is 10.2 Å². The Morgan fingerprint density at radius 1 is 1.64 bits per heavy atom. The van der Waals surface area contributed by atoms with E-state index in [-0.39, 0.29) is 10.6 Å². The number of hydrogen-bond donors (Lipinski definition) is 3. The summed E-state index contributed by atoms with van der Waals surface area (Å²) < 4.78 is 0. The Morgan fingerprint density at radius 2 is 2.43 bits per heavy atom. The van der Waals surface area contributed by atoms with Crippen LogP contribution in [0.15, 0.2) is 18.3 Å². The Bertz CT molecular complexity index is 461. The minimum atomic E-state index is -1.00. The molecule has 0 aliphatic rings. The van der Waals surface area contributed by atoms with E-state index in [9.17, 15) is 4.79 Å². The van der Waals surface area contributed by atoms with Crippen LogP contribution in [0.1, 0.15) is 9.67 Å². The van der Waals surface area contributed by atoms with Crippen LogP contribution in [0.25, 0.3) is 10.6 Å². The number of aromatic carboxylic acids is 1. The molecule has 4 N–H and O–H groups in total. The first-order valence-electron chi connectivity index (χ1n) is 3.81. The van der Waals surface area contributed by atoms with Crippen LogP contribution in [0.3, 0.4) is 0 Å². The fraction of sp³-hybridized carbons (Fsp3) is 0. The molecule has 0 amide bonds. The second kappa shape index (κ2) is 3.15. The van der Waals surface area contributed by atoms with Crippen molar-refractivity contribution < 1.29 is 9.90 Å². The van der Waals surface area contributed by atoms with Crippen LogP contribution in [-0.2, 0) is 0 Å². The zero-order chi connectivity index (χ0) is 10.1. The molecule has 72 valence electrons. The fourth-order valence-corrected chi connectivity index (χ4v) is 1.99. The summed E-state index contributed by atoms with van der Waals surface area (Å²) in [5, 5.41) is 15.3. The molecular formula is C8H7N3O2S. The Hall–Kier alpha value is -1.82. The molecule has 0 unspecified atom stereocenters. The number of nitrogen functional groups attached to an aromatic ring is 1. The minimum Gasteiger partial charge on any atom is -0.477 e. The molecule has 2 aromatic heterocycles. The van der Waals surface area contributed by atoms with Gasteiger partial charge < -0.3 is 10.8 Å². The molecule has 0 saturated heterocycles. The third-order valence-electron chi connectivity index (χ3n) is 1.72. The van der Waals surface area contributed by atoms with Gasteiger partial charge in [0.15, 0.2) is 0 Å². The highest BCUT2D eigenvalue weighted by molar-refractivity contribution is 7.17. The predicted octanol–water partition coefficient (Wildman–Crippen LogP) is 1.42. The van der Waals surface area contributed by atoms with Crippen molar-refractivity contribution in [2.75, 3.05) is 5.73 Å². The quantitative estimate of drug-likeness (QED) is 0.697. The van der Waals surface area contributed by atoms with Crippen LogP contribution in [-0.4, -0.2) is 21.3 Å². The number of anilines is 1. The van der Waals surface area contributed by atoms with Crippen LogP contribution in [0.5, 0.6) is 0 Å². The van der Waals surface area contributed by atoms with Crippen molar-refractivity contribution in [3.63, 3.8) is 0 Å². The van der Waals surface area contributed by atoms with Crippen LogP contribution >= 0.6 is 11.3 Å². The second-order valence-electron chi connectivity index (χ2n) is 2.67. The van der Waals surface area contributed by atoms with Gasteiger partial charge in [0, 0.05) is 6.20 Å². The molecule has 2 aromatic rings. The van der Waals surface area contributed by atoms with Crippen molar-refractivity contribution in [3.05, 3.63) is 23.2 Å². The lowest BCUT2D eigenvalue weighted by Crippen LogP contribution is -1.96. The highest BCUT2D eigenvalue weighted by atomic mass is 32.1. The highest BCUT2D eigenvalue weighted by Gasteiger charge is 2.14. The largest absolute Gasteiger partial charge is 0.477 e. The number of carboxylic acid groups (broad SMARTS) is 1. The maximum absolute atomic E-state index is 10.7. The van der Waals surface area contributed by atoms with E-state index < -0.39 is 5.97 Å². The molecule has 0 spiro atoms. The molecule has 0 aliphatic heterocycles. The molecule has 0 atom stereocenters. The van der Waals surface area contributed by atoms with E-state index in [1.54, 1.807) is 18.3 Å². The summed E-state index contributed by atoms with van der Waals surface area (Å²) in [6.45, 7) is 0. The molecule has 5 nitrogen and oxygen atoms in total. The molecule has 0 radical (unpaired) electrons. The number of aromatic amines is 1. The average molecular weight is 209 g/mol. The standard InChI is InChI=1S/C8H7N3O2S/c9-4-3-6(5-1-2-10-11-5)14-7(4)8(12)13/h1-3H,9H2,(H,10,11)(H,12,13). The van der Waals surface area contributed by atoms with Gasteiger partial charge in [0.05, 0.1) is 16.3 Å².